The van der Waals surface area contributed by atoms with E-state index in [0.717, 1.165) is 11.3 Å². The van der Waals surface area contributed by atoms with Crippen LogP contribution in [0.4, 0.5) is 5.69 Å². The largest absolute Gasteiger partial charge is 0.490 e. The quantitative estimate of drug-likeness (QED) is 0.103. The van der Waals surface area contributed by atoms with Crippen LogP contribution in [0.15, 0.2) is 66.7 Å². The Kier molecular flexibility index (Phi) is 8.69. The number of nitriles is 1. The van der Waals surface area contributed by atoms with Crippen LogP contribution in [0.25, 0.3) is 11.6 Å². The predicted molar refractivity (Wildman–Crippen MR) is 140 cm³/mol. The highest BCUT2D eigenvalue weighted by Gasteiger charge is 2.13. The van der Waals surface area contributed by atoms with Gasteiger partial charge in [-0.15, -0.1) is 0 Å². The van der Waals surface area contributed by atoms with E-state index in [2.05, 4.69) is 39.0 Å². The van der Waals surface area contributed by atoms with E-state index in [9.17, 15) is 15.4 Å². The number of ether oxygens (including phenoxy) is 3. The Morgan fingerprint density at radius 1 is 0.944 bits per heavy atom. The van der Waals surface area contributed by atoms with E-state index in [4.69, 9.17) is 14.2 Å². The molecule has 0 radical (unpaired) electrons. The highest BCUT2D eigenvalue weighted by atomic mass is 16.6. The Morgan fingerprint density at radius 2 is 1.61 bits per heavy atom. The molecule has 7 heteroatoms. The van der Waals surface area contributed by atoms with Gasteiger partial charge < -0.3 is 14.2 Å². The van der Waals surface area contributed by atoms with Crippen LogP contribution in [0.1, 0.15) is 44.4 Å². The Labute approximate surface area is 211 Å². The fourth-order valence-corrected chi connectivity index (χ4v) is 3.47. The molecule has 0 aliphatic heterocycles. The number of non-ortho nitro benzene ring substituents is 1. The third-order valence-electron chi connectivity index (χ3n) is 5.42. The second-order valence-corrected chi connectivity index (χ2v) is 9.08. The molecule has 0 spiro atoms. The predicted octanol–water partition coefficient (Wildman–Crippen LogP) is 6.81. The van der Waals surface area contributed by atoms with Crippen LogP contribution in [0.2, 0.25) is 0 Å². The van der Waals surface area contributed by atoms with E-state index in [-0.39, 0.29) is 11.1 Å². The van der Waals surface area contributed by atoms with Gasteiger partial charge in [0.25, 0.3) is 5.69 Å². The zero-order valence-electron chi connectivity index (χ0n) is 21.0. The summed E-state index contributed by atoms with van der Waals surface area (Å²) in [5.74, 6) is 1.92. The number of hydrogen-bond donors (Lipinski definition) is 0. The molecule has 0 aliphatic rings. The van der Waals surface area contributed by atoms with Crippen molar-refractivity contribution in [2.24, 2.45) is 0 Å². The molecule has 0 aliphatic carbocycles. The summed E-state index contributed by atoms with van der Waals surface area (Å²) < 4.78 is 17.4. The second-order valence-electron chi connectivity index (χ2n) is 9.08. The van der Waals surface area contributed by atoms with Crippen molar-refractivity contribution in [1.29, 1.82) is 5.26 Å². The van der Waals surface area contributed by atoms with Gasteiger partial charge in [-0.1, -0.05) is 39.0 Å². The smallest absolute Gasteiger partial charge is 0.269 e. The molecule has 0 fully saturated rings. The van der Waals surface area contributed by atoms with Crippen molar-refractivity contribution in [2.45, 2.75) is 33.1 Å². The molecule has 0 amide bonds. The van der Waals surface area contributed by atoms with Crippen LogP contribution in [-0.4, -0.2) is 24.7 Å². The van der Waals surface area contributed by atoms with Gasteiger partial charge in [-0.05, 0) is 71.5 Å². The Balaban J connectivity index is 1.66. The van der Waals surface area contributed by atoms with Crippen LogP contribution in [0.3, 0.4) is 0 Å². The highest BCUT2D eigenvalue weighted by molar-refractivity contribution is 5.90. The van der Waals surface area contributed by atoms with Crippen LogP contribution in [0, 0.1) is 21.4 Å². The number of allylic oxidation sites excluding steroid dienone is 1. The second kappa shape index (κ2) is 11.9. The van der Waals surface area contributed by atoms with Gasteiger partial charge in [0.2, 0.25) is 0 Å². The minimum atomic E-state index is -0.472. The summed E-state index contributed by atoms with van der Waals surface area (Å²) in [6.07, 6.45) is 1.71. The molecule has 3 rings (SSSR count). The van der Waals surface area contributed by atoms with E-state index in [1.54, 1.807) is 30.3 Å². The zero-order valence-corrected chi connectivity index (χ0v) is 21.0. The first-order valence-electron chi connectivity index (χ1n) is 11.7. The van der Waals surface area contributed by atoms with Crippen molar-refractivity contribution < 1.29 is 19.1 Å². The number of nitro groups is 1. The molecule has 3 aromatic carbocycles. The van der Waals surface area contributed by atoms with Crippen molar-refractivity contribution in [1.82, 2.24) is 0 Å². The third kappa shape index (κ3) is 7.09. The summed E-state index contributed by atoms with van der Waals surface area (Å²) in [4.78, 5) is 10.4. The maximum atomic E-state index is 10.9. The summed E-state index contributed by atoms with van der Waals surface area (Å²) in [5.41, 5.74) is 3.03. The van der Waals surface area contributed by atoms with Gasteiger partial charge in [0.15, 0.2) is 11.5 Å². The first-order valence-corrected chi connectivity index (χ1v) is 11.7. The minimum Gasteiger partial charge on any atom is -0.490 e. The summed E-state index contributed by atoms with van der Waals surface area (Å²) in [6, 6.07) is 21.5. The van der Waals surface area contributed by atoms with Crippen molar-refractivity contribution >= 4 is 17.3 Å². The lowest BCUT2D eigenvalue weighted by Crippen LogP contribution is -2.12. The SMILES string of the molecule is CCOc1cc(C=C(C#N)c2ccc([N+](=O)[O-])cc2)ccc1OCCOc1ccc(C(C)(C)C)cc1. The van der Waals surface area contributed by atoms with Gasteiger partial charge in [0, 0.05) is 12.1 Å². The maximum Gasteiger partial charge on any atom is 0.269 e. The lowest BCUT2D eigenvalue weighted by molar-refractivity contribution is -0.384. The lowest BCUT2D eigenvalue weighted by Gasteiger charge is -2.19. The molecule has 0 aromatic heterocycles. The first kappa shape index (κ1) is 26.3. The minimum absolute atomic E-state index is 0.0259. The number of nitro benzene ring substituents is 1. The standard InChI is InChI=1S/C29H30N2O5/c1-5-34-28-19-21(18-23(20-30)22-7-11-25(12-8-22)31(32)33)6-15-27(28)36-17-16-35-26-13-9-24(10-14-26)29(2,3)4/h6-15,18-19H,5,16-17H2,1-4H3. The molecule has 0 saturated carbocycles. The van der Waals surface area contributed by atoms with Crippen molar-refractivity contribution in [3.8, 4) is 23.3 Å². The van der Waals surface area contributed by atoms with E-state index >= 15 is 0 Å². The average molecular weight is 487 g/mol. The summed E-state index contributed by atoms with van der Waals surface area (Å²) in [6.45, 7) is 9.56. The monoisotopic (exact) mass is 486 g/mol. The Hall–Kier alpha value is -4.31. The highest BCUT2D eigenvalue weighted by Crippen LogP contribution is 2.31. The lowest BCUT2D eigenvalue weighted by atomic mass is 9.87. The van der Waals surface area contributed by atoms with Gasteiger partial charge in [0.1, 0.15) is 19.0 Å². The molecule has 0 atom stereocenters. The summed E-state index contributed by atoms with van der Waals surface area (Å²) in [7, 11) is 0. The van der Waals surface area contributed by atoms with Crippen LogP contribution >= 0.6 is 0 Å². The number of benzene rings is 3. The van der Waals surface area contributed by atoms with Gasteiger partial charge in [0.05, 0.1) is 23.2 Å². The van der Waals surface area contributed by atoms with E-state index < -0.39 is 4.92 Å². The molecule has 0 unspecified atom stereocenters. The molecule has 186 valence electrons. The third-order valence-corrected chi connectivity index (χ3v) is 5.42. The zero-order chi connectivity index (χ0) is 26.1. The topological polar surface area (TPSA) is 94.6 Å². The fourth-order valence-electron chi connectivity index (χ4n) is 3.47. The van der Waals surface area contributed by atoms with E-state index in [1.165, 1.54) is 17.7 Å². The molecule has 0 heterocycles. The van der Waals surface area contributed by atoms with Gasteiger partial charge in [-0.25, -0.2) is 0 Å². The molecule has 0 saturated heterocycles. The molecular weight excluding hydrogens is 456 g/mol. The van der Waals surface area contributed by atoms with Crippen molar-refractivity contribution in [2.75, 3.05) is 19.8 Å². The van der Waals surface area contributed by atoms with E-state index in [0.29, 0.717) is 42.5 Å². The van der Waals surface area contributed by atoms with Gasteiger partial charge >= 0.3 is 0 Å². The van der Waals surface area contributed by atoms with E-state index in [1.807, 2.05) is 25.1 Å². The van der Waals surface area contributed by atoms with Crippen LogP contribution in [-0.2, 0) is 5.41 Å². The molecule has 0 bridgehead atoms. The maximum absolute atomic E-state index is 10.9. The average Bonchev–Trinajstić information content (AvgIpc) is 2.86. The molecule has 7 nitrogen and oxygen atoms in total. The number of nitrogens with zero attached hydrogens (tertiary/aromatic N) is 2. The summed E-state index contributed by atoms with van der Waals surface area (Å²) >= 11 is 0. The summed E-state index contributed by atoms with van der Waals surface area (Å²) in [5, 5.41) is 20.5. The molecule has 3 aromatic rings. The molecule has 0 N–H and O–H groups in total. The Bertz CT molecular complexity index is 1250. The Morgan fingerprint density at radius 3 is 2.19 bits per heavy atom. The molecule has 36 heavy (non-hydrogen) atoms. The number of rotatable bonds is 10. The van der Waals surface area contributed by atoms with Crippen molar-refractivity contribution in [3.63, 3.8) is 0 Å². The van der Waals surface area contributed by atoms with Crippen molar-refractivity contribution in [3.05, 3.63) is 93.5 Å². The van der Waals surface area contributed by atoms with Gasteiger partial charge in [-0.2, -0.15) is 5.26 Å². The normalized spacial score (nSPS) is 11.5. The van der Waals surface area contributed by atoms with Gasteiger partial charge in [-0.3, -0.25) is 10.1 Å². The fraction of sp³-hybridized carbons (Fsp3) is 0.276. The first-order chi connectivity index (χ1) is 17.2. The number of hydrogen-bond acceptors (Lipinski definition) is 6. The van der Waals surface area contributed by atoms with Crippen LogP contribution in [0.5, 0.6) is 17.2 Å². The molecular formula is C29H30N2O5. The van der Waals surface area contributed by atoms with Crippen LogP contribution < -0.4 is 14.2 Å².